The first kappa shape index (κ1) is 31.4. The molecule has 0 saturated carbocycles. The largest absolute Gasteiger partial charge is 2.00 e. The molecule has 0 aliphatic rings. The SMILES string of the molecule is Cl.O.[Ca+2].[Na+]. The standard InChI is InChI=1S/Ca.ClH.Na.H2O/h;1H;;1H2/q+2;;+1;. The summed E-state index contributed by atoms with van der Waals surface area (Å²) in [5.74, 6) is 0. The number of hydrogen-bond donors (Lipinski definition) is 0. The second-order valence-corrected chi connectivity index (χ2v) is 0. The Morgan fingerprint density at radius 1 is 1.00 bits per heavy atom. The predicted molar refractivity (Wildman–Crippen MR) is 16.6 cm³/mol. The van der Waals surface area contributed by atoms with Crippen LogP contribution in [0, 0.1) is 0 Å². The van der Waals surface area contributed by atoms with Gasteiger partial charge in [0.15, 0.2) is 0 Å². The third kappa shape index (κ3) is 8.82. The van der Waals surface area contributed by atoms with Gasteiger partial charge >= 0.3 is 67.3 Å². The smallest absolute Gasteiger partial charge is 0.412 e. The molecule has 0 rings (SSSR count). The van der Waals surface area contributed by atoms with Crippen molar-refractivity contribution in [1.82, 2.24) is 0 Å². The third-order valence-corrected chi connectivity index (χ3v) is 0. The molecule has 0 spiro atoms. The minimum atomic E-state index is 0. The number of halogens is 1. The van der Waals surface area contributed by atoms with Gasteiger partial charge in [-0.2, -0.15) is 0 Å². The first-order valence-corrected chi connectivity index (χ1v) is 0. The fourth-order valence-corrected chi connectivity index (χ4v) is 0. The molecular weight excluding hydrogens is 115 g/mol. The quantitative estimate of drug-likeness (QED) is 0.292. The normalized spacial score (nSPS) is 0. The summed E-state index contributed by atoms with van der Waals surface area (Å²) in [7, 11) is 0. The summed E-state index contributed by atoms with van der Waals surface area (Å²) in [4.78, 5) is 0. The third-order valence-electron chi connectivity index (χ3n) is 0. The summed E-state index contributed by atoms with van der Waals surface area (Å²) < 4.78 is 0. The zero-order chi connectivity index (χ0) is 0. The molecule has 0 aromatic carbocycles. The zero-order valence-corrected chi connectivity index (χ0v) is 7.64. The summed E-state index contributed by atoms with van der Waals surface area (Å²) in [6, 6.07) is 0. The van der Waals surface area contributed by atoms with E-state index in [1.807, 2.05) is 0 Å². The Kier molecular flexibility index (Phi) is 140. The van der Waals surface area contributed by atoms with Crippen LogP contribution in [0.3, 0.4) is 0 Å². The van der Waals surface area contributed by atoms with E-state index in [2.05, 4.69) is 0 Å². The van der Waals surface area contributed by atoms with Crippen LogP contribution in [-0.2, 0) is 0 Å². The summed E-state index contributed by atoms with van der Waals surface area (Å²) in [5, 5.41) is 0. The van der Waals surface area contributed by atoms with E-state index in [0.29, 0.717) is 0 Å². The molecular formula is H3CaClNaO+3. The average molecular weight is 118 g/mol. The van der Waals surface area contributed by atoms with Crippen LogP contribution in [-0.4, -0.2) is 43.2 Å². The van der Waals surface area contributed by atoms with Crippen LogP contribution in [0.4, 0.5) is 0 Å². The van der Waals surface area contributed by atoms with E-state index in [1.165, 1.54) is 0 Å². The van der Waals surface area contributed by atoms with Crippen LogP contribution in [0.25, 0.3) is 0 Å². The minimum absolute atomic E-state index is 0. The van der Waals surface area contributed by atoms with Crippen LogP contribution in [0.2, 0.25) is 0 Å². The van der Waals surface area contributed by atoms with E-state index in [-0.39, 0.29) is 85.2 Å². The van der Waals surface area contributed by atoms with E-state index < -0.39 is 0 Å². The van der Waals surface area contributed by atoms with Gasteiger partial charge in [0.25, 0.3) is 0 Å². The van der Waals surface area contributed by atoms with E-state index in [9.17, 15) is 0 Å². The maximum Gasteiger partial charge on any atom is 2.00 e. The molecule has 0 aromatic heterocycles. The molecule has 1 nitrogen and oxygen atoms in total. The molecule has 0 aliphatic heterocycles. The first-order chi connectivity index (χ1) is 0. The van der Waals surface area contributed by atoms with Crippen LogP contribution in [0.1, 0.15) is 0 Å². The molecule has 0 aliphatic carbocycles. The van der Waals surface area contributed by atoms with Crippen LogP contribution in [0.5, 0.6) is 0 Å². The van der Waals surface area contributed by atoms with Crippen molar-refractivity contribution in [3.63, 3.8) is 0 Å². The van der Waals surface area contributed by atoms with Gasteiger partial charge in [-0.05, 0) is 0 Å². The van der Waals surface area contributed by atoms with Crippen molar-refractivity contribution in [3.05, 3.63) is 0 Å². The fraction of sp³-hybridized carbons (Fsp3) is 0. The van der Waals surface area contributed by atoms with Crippen molar-refractivity contribution < 1.29 is 35.0 Å². The second-order valence-electron chi connectivity index (χ2n) is 0. The van der Waals surface area contributed by atoms with Gasteiger partial charge < -0.3 is 5.48 Å². The van der Waals surface area contributed by atoms with Crippen LogP contribution in [0.15, 0.2) is 0 Å². The van der Waals surface area contributed by atoms with Gasteiger partial charge in [0.1, 0.15) is 0 Å². The van der Waals surface area contributed by atoms with Crippen molar-refractivity contribution in [1.29, 1.82) is 0 Å². The van der Waals surface area contributed by atoms with Crippen LogP contribution >= 0.6 is 12.4 Å². The Balaban J connectivity index is 0. The molecule has 0 amide bonds. The Hall–Kier alpha value is 2.51. The summed E-state index contributed by atoms with van der Waals surface area (Å²) in [6.07, 6.45) is 0. The van der Waals surface area contributed by atoms with Gasteiger partial charge in [-0.25, -0.2) is 0 Å². The van der Waals surface area contributed by atoms with Gasteiger partial charge in [-0.15, -0.1) is 12.4 Å². The minimum Gasteiger partial charge on any atom is -0.412 e. The topological polar surface area (TPSA) is 31.5 Å². The van der Waals surface area contributed by atoms with E-state index in [0.717, 1.165) is 0 Å². The van der Waals surface area contributed by atoms with Crippen molar-refractivity contribution in [2.45, 2.75) is 0 Å². The monoisotopic (exact) mass is 117 g/mol. The first-order valence-electron chi connectivity index (χ1n) is 0. The summed E-state index contributed by atoms with van der Waals surface area (Å²) in [5.41, 5.74) is 0. The molecule has 16 valence electrons. The Labute approximate surface area is 83.5 Å². The molecule has 4 heavy (non-hydrogen) atoms. The van der Waals surface area contributed by atoms with Crippen molar-refractivity contribution in [2.75, 3.05) is 0 Å². The second kappa shape index (κ2) is 17.8. The summed E-state index contributed by atoms with van der Waals surface area (Å²) in [6.45, 7) is 0. The number of hydrogen-bond acceptors (Lipinski definition) is 0. The van der Waals surface area contributed by atoms with Gasteiger partial charge in [0.2, 0.25) is 0 Å². The van der Waals surface area contributed by atoms with Crippen molar-refractivity contribution >= 4 is 50.1 Å². The van der Waals surface area contributed by atoms with Crippen molar-refractivity contribution in [2.24, 2.45) is 0 Å². The molecule has 0 unspecified atom stereocenters. The van der Waals surface area contributed by atoms with E-state index in [4.69, 9.17) is 0 Å². The molecule has 4 heteroatoms. The Morgan fingerprint density at radius 3 is 1.00 bits per heavy atom. The molecule has 0 saturated heterocycles. The maximum absolute atomic E-state index is 0. The molecule has 0 radical (unpaired) electrons. The Morgan fingerprint density at radius 2 is 1.00 bits per heavy atom. The van der Waals surface area contributed by atoms with Crippen LogP contribution < -0.4 is 29.6 Å². The molecule has 0 atom stereocenters. The zero-order valence-electron chi connectivity index (χ0n) is 2.62. The Bertz CT molecular complexity index is 8.00. The van der Waals surface area contributed by atoms with Gasteiger partial charge in [-0.3, -0.25) is 0 Å². The fourth-order valence-electron chi connectivity index (χ4n) is 0. The average Bonchev–Trinajstić information content (AvgIpc) is 0. The molecule has 2 N–H and O–H groups in total. The maximum atomic E-state index is 0. The van der Waals surface area contributed by atoms with Gasteiger partial charge in [-0.1, -0.05) is 0 Å². The van der Waals surface area contributed by atoms with E-state index in [1.54, 1.807) is 0 Å². The van der Waals surface area contributed by atoms with Gasteiger partial charge in [0.05, 0.1) is 0 Å². The molecule has 0 fully saturated rings. The van der Waals surface area contributed by atoms with E-state index >= 15 is 0 Å². The van der Waals surface area contributed by atoms with Crippen molar-refractivity contribution in [3.8, 4) is 0 Å². The molecule has 0 heterocycles. The van der Waals surface area contributed by atoms with Gasteiger partial charge in [0, 0.05) is 0 Å². The molecule has 0 aromatic rings. The molecule has 0 bridgehead atoms. The summed E-state index contributed by atoms with van der Waals surface area (Å²) >= 11 is 0. The predicted octanol–water partition coefficient (Wildman–Crippen LogP) is -3.78. The number of rotatable bonds is 0.